The summed E-state index contributed by atoms with van der Waals surface area (Å²) in [5.74, 6) is -0.869. The van der Waals surface area contributed by atoms with Crippen molar-refractivity contribution in [3.63, 3.8) is 0 Å². The normalized spacial score (nSPS) is 14.3. The third kappa shape index (κ3) is 6.59. The number of fused-ring (bicyclic) bond motifs is 1. The minimum Gasteiger partial charge on any atom is -0.456 e. The first-order valence-corrected chi connectivity index (χ1v) is 10.3. The summed E-state index contributed by atoms with van der Waals surface area (Å²) in [6, 6.07) is 13.7. The van der Waals surface area contributed by atoms with E-state index in [0.29, 0.717) is 18.5 Å². The molecule has 3 rings (SSSR count). The van der Waals surface area contributed by atoms with Gasteiger partial charge in [0.15, 0.2) is 6.61 Å². The molecule has 2 aromatic carbocycles. The van der Waals surface area contributed by atoms with Gasteiger partial charge in [-0.15, -0.1) is 0 Å². The van der Waals surface area contributed by atoms with Crippen LogP contribution in [0, 0.1) is 0 Å². The Morgan fingerprint density at radius 1 is 0.897 bits per heavy atom. The summed E-state index contributed by atoms with van der Waals surface area (Å²) in [7, 11) is 0. The van der Waals surface area contributed by atoms with E-state index in [4.69, 9.17) is 4.74 Å². The van der Waals surface area contributed by atoms with Crippen LogP contribution in [0.1, 0.15) is 51.4 Å². The monoisotopic (exact) mass is 396 g/mol. The maximum Gasteiger partial charge on any atom is 0.306 e. The molecule has 6 nitrogen and oxygen atoms in total. The van der Waals surface area contributed by atoms with E-state index >= 15 is 0 Å². The summed E-state index contributed by atoms with van der Waals surface area (Å²) in [6.07, 6.45) is 6.50. The fraction of sp³-hybridized carbons (Fsp3) is 0.435. The number of carbonyl (C=O) groups is 3. The predicted molar refractivity (Wildman–Crippen MR) is 112 cm³/mol. The molecule has 1 aliphatic rings. The zero-order valence-corrected chi connectivity index (χ0v) is 16.6. The third-order valence-corrected chi connectivity index (χ3v) is 5.18. The zero-order chi connectivity index (χ0) is 20.5. The average molecular weight is 396 g/mol. The lowest BCUT2D eigenvalue weighted by molar-refractivity contribution is -0.147. The minimum absolute atomic E-state index is 0.0154. The van der Waals surface area contributed by atoms with Crippen molar-refractivity contribution in [3.8, 4) is 0 Å². The van der Waals surface area contributed by atoms with Crippen LogP contribution in [0.5, 0.6) is 0 Å². The highest BCUT2D eigenvalue weighted by molar-refractivity contribution is 6.02. The predicted octanol–water partition coefficient (Wildman–Crippen LogP) is 3.94. The van der Waals surface area contributed by atoms with Crippen molar-refractivity contribution in [2.75, 3.05) is 11.9 Å². The Hall–Kier alpha value is -2.89. The number of benzene rings is 2. The van der Waals surface area contributed by atoms with Crippen LogP contribution in [-0.2, 0) is 19.1 Å². The summed E-state index contributed by atoms with van der Waals surface area (Å²) < 4.78 is 5.04. The molecule has 1 fully saturated rings. The number of hydrogen-bond acceptors (Lipinski definition) is 4. The fourth-order valence-electron chi connectivity index (χ4n) is 3.68. The molecular formula is C23H28N2O4. The van der Waals surface area contributed by atoms with Crippen LogP contribution >= 0.6 is 0 Å². The number of hydrogen-bond donors (Lipinski definition) is 2. The standard InChI is InChI=1S/C23H28N2O4/c26-21(24-18-10-2-1-3-11-18)14-7-15-23(28)29-16-22(27)25-20-13-6-9-17-8-4-5-12-19(17)20/h4-6,8-9,12-13,18H,1-3,7,10-11,14-16H2,(H,24,26)(H,25,27). The lowest BCUT2D eigenvalue weighted by atomic mass is 9.95. The Morgan fingerprint density at radius 3 is 2.48 bits per heavy atom. The Balaban J connectivity index is 1.34. The zero-order valence-electron chi connectivity index (χ0n) is 16.6. The average Bonchev–Trinajstić information content (AvgIpc) is 2.73. The first-order valence-electron chi connectivity index (χ1n) is 10.3. The van der Waals surface area contributed by atoms with E-state index in [1.54, 1.807) is 0 Å². The summed E-state index contributed by atoms with van der Waals surface area (Å²) in [5, 5.41) is 7.76. The molecule has 0 aromatic heterocycles. The van der Waals surface area contributed by atoms with Gasteiger partial charge in [0.25, 0.3) is 5.91 Å². The molecule has 0 bridgehead atoms. The summed E-state index contributed by atoms with van der Waals surface area (Å²) in [4.78, 5) is 35.9. The van der Waals surface area contributed by atoms with Crippen LogP contribution in [0.4, 0.5) is 5.69 Å². The second kappa shape index (κ2) is 10.6. The second-order valence-electron chi connectivity index (χ2n) is 7.49. The van der Waals surface area contributed by atoms with Gasteiger partial charge in [0.05, 0.1) is 0 Å². The molecular weight excluding hydrogens is 368 g/mol. The van der Waals surface area contributed by atoms with Crippen molar-refractivity contribution >= 4 is 34.2 Å². The first-order chi connectivity index (χ1) is 14.1. The van der Waals surface area contributed by atoms with Gasteiger partial charge in [-0.05, 0) is 30.7 Å². The van der Waals surface area contributed by atoms with Crippen LogP contribution in [-0.4, -0.2) is 30.4 Å². The lowest BCUT2D eigenvalue weighted by Gasteiger charge is -2.22. The Labute approximate surface area is 171 Å². The van der Waals surface area contributed by atoms with Crippen molar-refractivity contribution < 1.29 is 19.1 Å². The number of esters is 1. The molecule has 0 spiro atoms. The second-order valence-corrected chi connectivity index (χ2v) is 7.49. The highest BCUT2D eigenvalue weighted by Gasteiger charge is 2.16. The van der Waals surface area contributed by atoms with Gasteiger partial charge in [-0.1, -0.05) is 55.7 Å². The van der Waals surface area contributed by atoms with Gasteiger partial charge in [0.1, 0.15) is 0 Å². The third-order valence-electron chi connectivity index (χ3n) is 5.18. The maximum atomic E-state index is 12.1. The molecule has 0 heterocycles. The minimum atomic E-state index is -0.469. The van der Waals surface area contributed by atoms with Gasteiger partial charge in [-0.2, -0.15) is 0 Å². The van der Waals surface area contributed by atoms with E-state index in [1.165, 1.54) is 6.42 Å². The van der Waals surface area contributed by atoms with Gasteiger partial charge in [0, 0.05) is 30.0 Å². The number of amides is 2. The van der Waals surface area contributed by atoms with Crippen LogP contribution in [0.15, 0.2) is 42.5 Å². The summed E-state index contributed by atoms with van der Waals surface area (Å²) in [6.45, 7) is -0.337. The molecule has 6 heteroatoms. The highest BCUT2D eigenvalue weighted by atomic mass is 16.5. The van der Waals surface area contributed by atoms with Gasteiger partial charge >= 0.3 is 5.97 Å². The molecule has 0 saturated heterocycles. The summed E-state index contributed by atoms with van der Waals surface area (Å²) in [5.41, 5.74) is 0.684. The van der Waals surface area contributed by atoms with E-state index < -0.39 is 5.97 Å². The summed E-state index contributed by atoms with van der Waals surface area (Å²) >= 11 is 0. The smallest absolute Gasteiger partial charge is 0.306 e. The molecule has 2 N–H and O–H groups in total. The van der Waals surface area contributed by atoms with E-state index in [2.05, 4.69) is 10.6 Å². The number of nitrogens with one attached hydrogen (secondary N) is 2. The molecule has 2 amide bonds. The van der Waals surface area contributed by atoms with Crippen molar-refractivity contribution in [3.05, 3.63) is 42.5 Å². The van der Waals surface area contributed by atoms with Gasteiger partial charge in [0.2, 0.25) is 5.91 Å². The van der Waals surface area contributed by atoms with E-state index in [1.807, 2.05) is 42.5 Å². The number of carbonyl (C=O) groups excluding carboxylic acids is 3. The Bertz CT molecular complexity index is 854. The van der Waals surface area contributed by atoms with Crippen molar-refractivity contribution in [1.82, 2.24) is 5.32 Å². The van der Waals surface area contributed by atoms with Crippen LogP contribution in [0.25, 0.3) is 10.8 Å². The van der Waals surface area contributed by atoms with E-state index in [9.17, 15) is 14.4 Å². The quantitative estimate of drug-likeness (QED) is 0.662. The van der Waals surface area contributed by atoms with Crippen molar-refractivity contribution in [1.29, 1.82) is 0 Å². The van der Waals surface area contributed by atoms with Gasteiger partial charge in [-0.3, -0.25) is 14.4 Å². The lowest BCUT2D eigenvalue weighted by Crippen LogP contribution is -2.36. The maximum absolute atomic E-state index is 12.1. The van der Waals surface area contributed by atoms with Crippen LogP contribution in [0.2, 0.25) is 0 Å². The Kier molecular flexibility index (Phi) is 7.61. The highest BCUT2D eigenvalue weighted by Crippen LogP contribution is 2.22. The van der Waals surface area contributed by atoms with E-state index in [-0.39, 0.29) is 30.9 Å². The SMILES string of the molecule is O=C(COC(=O)CCCC(=O)NC1CCCCC1)Nc1cccc2ccccc12. The number of anilines is 1. The molecule has 2 aromatic rings. The first kappa shape index (κ1) is 20.8. The fourth-order valence-corrected chi connectivity index (χ4v) is 3.68. The molecule has 1 aliphatic carbocycles. The Morgan fingerprint density at radius 2 is 1.66 bits per heavy atom. The van der Waals surface area contributed by atoms with Crippen molar-refractivity contribution in [2.24, 2.45) is 0 Å². The largest absolute Gasteiger partial charge is 0.456 e. The molecule has 0 atom stereocenters. The van der Waals surface area contributed by atoms with Gasteiger partial charge < -0.3 is 15.4 Å². The molecule has 154 valence electrons. The molecule has 0 unspecified atom stereocenters. The number of ether oxygens (including phenoxy) is 1. The number of rotatable bonds is 8. The molecule has 29 heavy (non-hydrogen) atoms. The van der Waals surface area contributed by atoms with Crippen LogP contribution in [0.3, 0.4) is 0 Å². The molecule has 0 radical (unpaired) electrons. The van der Waals surface area contributed by atoms with Gasteiger partial charge in [-0.25, -0.2) is 0 Å². The molecule has 0 aliphatic heterocycles. The molecule has 1 saturated carbocycles. The van der Waals surface area contributed by atoms with Crippen LogP contribution < -0.4 is 10.6 Å². The topological polar surface area (TPSA) is 84.5 Å². The van der Waals surface area contributed by atoms with Crippen molar-refractivity contribution in [2.45, 2.75) is 57.4 Å². The van der Waals surface area contributed by atoms with E-state index in [0.717, 1.165) is 36.5 Å².